The lowest BCUT2D eigenvalue weighted by molar-refractivity contribution is -0.0210. The van der Waals surface area contributed by atoms with Crippen LogP contribution in [0.25, 0.3) is 0 Å². The van der Waals surface area contributed by atoms with Crippen molar-refractivity contribution in [2.75, 3.05) is 32.8 Å². The highest BCUT2D eigenvalue weighted by Crippen LogP contribution is 2.23. The van der Waals surface area contributed by atoms with Crippen LogP contribution >= 0.6 is 0 Å². The second-order valence-electron chi connectivity index (χ2n) is 5.49. The van der Waals surface area contributed by atoms with E-state index in [1.807, 2.05) is 0 Å². The normalized spacial score (nSPS) is 28.5. The molecule has 0 aromatic rings. The molecular formula is C14H27N3O. The molecule has 1 saturated heterocycles. The van der Waals surface area contributed by atoms with E-state index >= 15 is 0 Å². The Labute approximate surface area is 111 Å². The van der Waals surface area contributed by atoms with E-state index < -0.39 is 0 Å². The minimum atomic E-state index is 0.237. The second-order valence-corrected chi connectivity index (χ2v) is 5.49. The first kappa shape index (κ1) is 13.8. The summed E-state index contributed by atoms with van der Waals surface area (Å²) in [5.74, 6) is 1.40. The van der Waals surface area contributed by atoms with Gasteiger partial charge in [0.1, 0.15) is 0 Å². The Morgan fingerprint density at radius 1 is 1.33 bits per heavy atom. The topological polar surface area (TPSA) is 50.8 Å². The Bertz CT molecular complexity index is 274. The van der Waals surface area contributed by atoms with Gasteiger partial charge in [0.05, 0.1) is 25.1 Å². The summed E-state index contributed by atoms with van der Waals surface area (Å²) < 4.78 is 5.74. The Kier molecular flexibility index (Phi) is 5.45. The smallest absolute Gasteiger partial charge is 0.0969 e. The van der Waals surface area contributed by atoms with Gasteiger partial charge in [-0.25, -0.2) is 0 Å². The zero-order chi connectivity index (χ0) is 12.8. The summed E-state index contributed by atoms with van der Waals surface area (Å²) in [4.78, 5) is 7.00. The van der Waals surface area contributed by atoms with E-state index in [-0.39, 0.29) is 6.10 Å². The molecule has 18 heavy (non-hydrogen) atoms. The third-order valence-corrected chi connectivity index (χ3v) is 4.17. The molecule has 0 spiro atoms. The van der Waals surface area contributed by atoms with Gasteiger partial charge in [0, 0.05) is 19.0 Å². The molecule has 0 aromatic heterocycles. The number of nitrogens with two attached hydrogens (primary N) is 1. The van der Waals surface area contributed by atoms with E-state index in [0.29, 0.717) is 5.92 Å². The summed E-state index contributed by atoms with van der Waals surface area (Å²) in [6, 6.07) is 0. The maximum absolute atomic E-state index is 6.11. The Morgan fingerprint density at radius 2 is 2.11 bits per heavy atom. The van der Waals surface area contributed by atoms with E-state index in [4.69, 9.17) is 10.5 Å². The van der Waals surface area contributed by atoms with Gasteiger partial charge in [0.2, 0.25) is 0 Å². The Hall–Kier alpha value is -0.610. The summed E-state index contributed by atoms with van der Waals surface area (Å²) in [6.07, 6.45) is 6.67. The quantitative estimate of drug-likeness (QED) is 0.612. The van der Waals surface area contributed by atoms with Gasteiger partial charge in [-0.2, -0.15) is 0 Å². The van der Waals surface area contributed by atoms with Crippen molar-refractivity contribution in [2.24, 2.45) is 16.6 Å². The van der Waals surface area contributed by atoms with E-state index in [9.17, 15) is 0 Å². The average molecular weight is 253 g/mol. The van der Waals surface area contributed by atoms with Crippen molar-refractivity contribution in [2.45, 2.75) is 45.1 Å². The maximum Gasteiger partial charge on any atom is 0.0969 e. The van der Waals surface area contributed by atoms with Crippen LogP contribution in [-0.4, -0.2) is 49.6 Å². The van der Waals surface area contributed by atoms with Gasteiger partial charge in [0.15, 0.2) is 0 Å². The zero-order valence-electron chi connectivity index (χ0n) is 11.6. The summed E-state index contributed by atoms with van der Waals surface area (Å²) in [5.41, 5.74) is 6.11. The summed E-state index contributed by atoms with van der Waals surface area (Å²) in [5, 5.41) is 0. The van der Waals surface area contributed by atoms with Gasteiger partial charge in [0.25, 0.3) is 0 Å². The van der Waals surface area contributed by atoms with Crippen LogP contribution in [0.1, 0.15) is 39.0 Å². The summed E-state index contributed by atoms with van der Waals surface area (Å²) in [6.45, 7) is 6.91. The van der Waals surface area contributed by atoms with Crippen LogP contribution in [0.15, 0.2) is 4.99 Å². The third-order valence-electron chi connectivity index (χ3n) is 4.17. The fraction of sp³-hybridized carbons (Fsp3) is 0.929. The number of hydrogen-bond donors (Lipinski definition) is 1. The average Bonchev–Trinajstić information content (AvgIpc) is 2.46. The highest BCUT2D eigenvalue weighted by atomic mass is 16.5. The van der Waals surface area contributed by atoms with Crippen LogP contribution in [0.2, 0.25) is 0 Å². The zero-order valence-corrected chi connectivity index (χ0v) is 11.6. The minimum Gasteiger partial charge on any atom is -0.387 e. The van der Waals surface area contributed by atoms with Crippen LogP contribution in [-0.2, 0) is 4.74 Å². The van der Waals surface area contributed by atoms with Crippen molar-refractivity contribution < 1.29 is 4.74 Å². The van der Waals surface area contributed by atoms with Crippen molar-refractivity contribution in [1.82, 2.24) is 4.90 Å². The number of rotatable bonds is 4. The maximum atomic E-state index is 6.11. The van der Waals surface area contributed by atoms with Crippen molar-refractivity contribution in [3.8, 4) is 0 Å². The monoisotopic (exact) mass is 253 g/mol. The number of morpholine rings is 1. The lowest BCUT2D eigenvalue weighted by Crippen LogP contribution is -2.43. The summed E-state index contributed by atoms with van der Waals surface area (Å²) in [7, 11) is 0. The first-order chi connectivity index (χ1) is 8.79. The third kappa shape index (κ3) is 3.95. The predicted octanol–water partition coefficient (Wildman–Crippen LogP) is 1.64. The van der Waals surface area contributed by atoms with Crippen molar-refractivity contribution in [1.29, 1.82) is 0 Å². The molecular weight excluding hydrogens is 226 g/mol. The standard InChI is InChI=1S/C14H27N3O/c1-2-17-8-9-18-13(11-17)10-16-14(15)12-6-4-3-5-7-12/h12-13H,2-11H2,1H3,(H2,15,16). The van der Waals surface area contributed by atoms with Crippen LogP contribution in [0.3, 0.4) is 0 Å². The lowest BCUT2D eigenvalue weighted by atomic mass is 9.88. The van der Waals surface area contributed by atoms with Gasteiger partial charge in [-0.05, 0) is 19.4 Å². The second kappa shape index (κ2) is 7.10. The molecule has 2 aliphatic rings. The van der Waals surface area contributed by atoms with Crippen molar-refractivity contribution in [3.63, 3.8) is 0 Å². The predicted molar refractivity (Wildman–Crippen MR) is 74.9 cm³/mol. The molecule has 1 saturated carbocycles. The van der Waals surface area contributed by atoms with Gasteiger partial charge < -0.3 is 10.5 Å². The highest BCUT2D eigenvalue weighted by molar-refractivity contribution is 5.82. The molecule has 2 rings (SSSR count). The number of amidine groups is 1. The molecule has 0 amide bonds. The first-order valence-corrected chi connectivity index (χ1v) is 7.43. The number of aliphatic imine (C=N–C) groups is 1. The Balaban J connectivity index is 1.77. The fourth-order valence-electron chi connectivity index (χ4n) is 2.91. The van der Waals surface area contributed by atoms with Crippen LogP contribution < -0.4 is 5.73 Å². The van der Waals surface area contributed by atoms with Crippen molar-refractivity contribution >= 4 is 5.84 Å². The highest BCUT2D eigenvalue weighted by Gasteiger charge is 2.20. The van der Waals surface area contributed by atoms with E-state index in [1.165, 1.54) is 32.1 Å². The number of nitrogens with zero attached hydrogens (tertiary/aromatic N) is 2. The molecule has 0 radical (unpaired) electrons. The molecule has 0 bridgehead atoms. The van der Waals surface area contributed by atoms with Gasteiger partial charge in [-0.3, -0.25) is 9.89 Å². The van der Waals surface area contributed by atoms with Crippen LogP contribution in [0.4, 0.5) is 0 Å². The van der Waals surface area contributed by atoms with E-state index in [1.54, 1.807) is 0 Å². The first-order valence-electron chi connectivity index (χ1n) is 7.43. The van der Waals surface area contributed by atoms with E-state index in [2.05, 4.69) is 16.8 Å². The van der Waals surface area contributed by atoms with E-state index in [0.717, 1.165) is 38.6 Å². The Morgan fingerprint density at radius 3 is 2.83 bits per heavy atom. The van der Waals surface area contributed by atoms with Crippen LogP contribution in [0, 0.1) is 5.92 Å². The summed E-state index contributed by atoms with van der Waals surface area (Å²) >= 11 is 0. The number of likely N-dealkylation sites (N-methyl/N-ethyl adjacent to an activating group) is 1. The molecule has 1 unspecified atom stereocenters. The molecule has 2 N–H and O–H groups in total. The largest absolute Gasteiger partial charge is 0.387 e. The molecule has 104 valence electrons. The molecule has 1 aliphatic carbocycles. The minimum absolute atomic E-state index is 0.237. The molecule has 1 atom stereocenters. The van der Waals surface area contributed by atoms with Crippen LogP contribution in [0.5, 0.6) is 0 Å². The molecule has 1 heterocycles. The molecule has 1 aliphatic heterocycles. The van der Waals surface area contributed by atoms with Crippen molar-refractivity contribution in [3.05, 3.63) is 0 Å². The van der Waals surface area contributed by atoms with Gasteiger partial charge >= 0.3 is 0 Å². The van der Waals surface area contributed by atoms with Gasteiger partial charge in [-0.1, -0.05) is 26.2 Å². The molecule has 2 fully saturated rings. The number of hydrogen-bond acceptors (Lipinski definition) is 3. The fourth-order valence-corrected chi connectivity index (χ4v) is 2.91. The lowest BCUT2D eigenvalue weighted by Gasteiger charge is -2.31. The van der Waals surface area contributed by atoms with Gasteiger partial charge in [-0.15, -0.1) is 0 Å². The molecule has 4 heteroatoms. The molecule has 4 nitrogen and oxygen atoms in total. The number of ether oxygens (including phenoxy) is 1. The molecule has 0 aromatic carbocycles. The SMILES string of the molecule is CCN1CCOC(CN=C(N)C2CCCCC2)C1.